The van der Waals surface area contributed by atoms with Crippen LogP contribution in [0, 0.1) is 5.92 Å². The van der Waals surface area contributed by atoms with Crippen molar-refractivity contribution in [2.45, 2.75) is 51.4 Å². The Morgan fingerprint density at radius 3 is 2.92 bits per heavy atom. The van der Waals surface area contributed by atoms with Crippen LogP contribution in [-0.4, -0.2) is 49.4 Å². The van der Waals surface area contributed by atoms with Gasteiger partial charge in [-0.1, -0.05) is 43.7 Å². The zero-order chi connectivity index (χ0) is 17.5. The lowest BCUT2D eigenvalue weighted by Gasteiger charge is -2.33. The summed E-state index contributed by atoms with van der Waals surface area (Å²) in [7, 11) is 0. The van der Waals surface area contributed by atoms with E-state index in [0.29, 0.717) is 32.3 Å². The van der Waals surface area contributed by atoms with E-state index in [1.807, 2.05) is 30.3 Å². The molecular weight excluding hydrogens is 316 g/mol. The van der Waals surface area contributed by atoms with Crippen LogP contribution < -0.4 is 5.32 Å². The molecule has 1 saturated carbocycles. The monoisotopic (exact) mass is 346 g/mol. The Morgan fingerprint density at radius 1 is 1.32 bits per heavy atom. The van der Waals surface area contributed by atoms with Crippen LogP contribution in [-0.2, 0) is 16.1 Å². The summed E-state index contributed by atoms with van der Waals surface area (Å²) in [5.41, 5.74) is 1.01. The first-order chi connectivity index (χ1) is 12.2. The number of nitrogens with one attached hydrogen (secondary N) is 1. The van der Waals surface area contributed by atoms with Gasteiger partial charge in [0.25, 0.3) is 0 Å². The maximum atomic E-state index is 12.3. The van der Waals surface area contributed by atoms with Crippen LogP contribution in [0.1, 0.15) is 38.2 Å². The van der Waals surface area contributed by atoms with E-state index < -0.39 is 0 Å². The van der Waals surface area contributed by atoms with Crippen LogP contribution >= 0.6 is 0 Å². The van der Waals surface area contributed by atoms with Gasteiger partial charge in [-0.05, 0) is 30.7 Å². The van der Waals surface area contributed by atoms with Crippen LogP contribution in [0.2, 0.25) is 0 Å². The Hall–Kier alpha value is -1.59. The molecule has 1 heterocycles. The molecule has 5 nitrogen and oxygen atoms in total. The average molecular weight is 346 g/mol. The number of amides is 1. The van der Waals surface area contributed by atoms with Gasteiger partial charge in [-0.3, -0.25) is 0 Å². The standard InChI is InChI=1S/C20H30N2O3/c1-2-16-8-9-18(12-16)21-13-19-14-22(10-11-24-19)20(23)25-15-17-6-4-3-5-7-17/h3-7,16,18-19,21H,2,8-15H2,1H3. The molecule has 0 spiro atoms. The van der Waals surface area contributed by atoms with Gasteiger partial charge in [0.05, 0.1) is 19.3 Å². The summed E-state index contributed by atoms with van der Waals surface area (Å²) in [5.74, 6) is 0.870. The number of carbonyl (C=O) groups excluding carboxylic acids is 1. The van der Waals surface area contributed by atoms with Crippen LogP contribution in [0.3, 0.4) is 0 Å². The van der Waals surface area contributed by atoms with E-state index in [-0.39, 0.29) is 12.2 Å². The van der Waals surface area contributed by atoms with Crippen molar-refractivity contribution in [2.75, 3.05) is 26.2 Å². The predicted molar refractivity (Wildman–Crippen MR) is 97.4 cm³/mol. The Balaban J connectivity index is 1.39. The van der Waals surface area contributed by atoms with Gasteiger partial charge >= 0.3 is 6.09 Å². The van der Waals surface area contributed by atoms with E-state index in [4.69, 9.17) is 9.47 Å². The van der Waals surface area contributed by atoms with Crippen molar-refractivity contribution in [3.8, 4) is 0 Å². The number of ether oxygens (including phenoxy) is 2. The summed E-state index contributed by atoms with van der Waals surface area (Å²) < 4.78 is 11.3. The highest BCUT2D eigenvalue weighted by Crippen LogP contribution is 2.27. The summed E-state index contributed by atoms with van der Waals surface area (Å²) in [4.78, 5) is 14.1. The Kier molecular flexibility index (Phi) is 6.70. The summed E-state index contributed by atoms with van der Waals surface area (Å²) in [6.07, 6.45) is 4.94. The Bertz CT molecular complexity index is 537. The summed E-state index contributed by atoms with van der Waals surface area (Å²) in [6.45, 7) is 5.19. The predicted octanol–water partition coefficient (Wildman–Crippen LogP) is 3.19. The van der Waals surface area contributed by atoms with Gasteiger partial charge in [-0.15, -0.1) is 0 Å². The molecule has 138 valence electrons. The van der Waals surface area contributed by atoms with Gasteiger partial charge in [0.15, 0.2) is 0 Å². The molecule has 0 aromatic heterocycles. The molecule has 1 amide bonds. The third-order valence-electron chi connectivity index (χ3n) is 5.35. The van der Waals surface area contributed by atoms with Gasteiger partial charge in [-0.25, -0.2) is 4.79 Å². The third-order valence-corrected chi connectivity index (χ3v) is 5.35. The van der Waals surface area contributed by atoms with E-state index in [1.54, 1.807) is 4.90 Å². The summed E-state index contributed by atoms with van der Waals surface area (Å²) >= 11 is 0. The summed E-state index contributed by atoms with van der Waals surface area (Å²) in [5, 5.41) is 3.63. The highest BCUT2D eigenvalue weighted by molar-refractivity contribution is 5.67. The lowest BCUT2D eigenvalue weighted by atomic mass is 10.1. The molecule has 2 aliphatic rings. The lowest BCUT2D eigenvalue weighted by Crippen LogP contribution is -2.50. The normalized spacial score (nSPS) is 26.6. The molecule has 1 aromatic carbocycles. The fraction of sp³-hybridized carbons (Fsp3) is 0.650. The van der Waals surface area contributed by atoms with Gasteiger partial charge in [-0.2, -0.15) is 0 Å². The van der Waals surface area contributed by atoms with Gasteiger partial charge in [0.2, 0.25) is 0 Å². The maximum Gasteiger partial charge on any atom is 0.410 e. The van der Waals surface area contributed by atoms with Gasteiger partial charge in [0.1, 0.15) is 6.61 Å². The third kappa shape index (κ3) is 5.44. The average Bonchev–Trinajstić information content (AvgIpc) is 3.14. The molecule has 3 atom stereocenters. The van der Waals surface area contributed by atoms with E-state index in [0.717, 1.165) is 18.0 Å². The first-order valence-corrected chi connectivity index (χ1v) is 9.55. The number of morpholine rings is 1. The number of hydrogen-bond acceptors (Lipinski definition) is 4. The summed E-state index contributed by atoms with van der Waals surface area (Å²) in [6, 6.07) is 10.4. The fourth-order valence-corrected chi connectivity index (χ4v) is 3.75. The second kappa shape index (κ2) is 9.20. The Labute approximate surface area is 150 Å². The molecule has 0 bridgehead atoms. The smallest absolute Gasteiger partial charge is 0.410 e. The number of carbonyl (C=O) groups is 1. The van der Waals surface area contributed by atoms with Crippen LogP contribution in [0.4, 0.5) is 4.79 Å². The molecule has 1 N–H and O–H groups in total. The van der Waals surface area contributed by atoms with Crippen molar-refractivity contribution in [1.29, 1.82) is 0 Å². The van der Waals surface area contributed by atoms with E-state index in [1.165, 1.54) is 25.7 Å². The van der Waals surface area contributed by atoms with Crippen molar-refractivity contribution >= 4 is 6.09 Å². The second-order valence-corrected chi connectivity index (χ2v) is 7.17. The van der Waals surface area contributed by atoms with Crippen LogP contribution in [0.25, 0.3) is 0 Å². The largest absolute Gasteiger partial charge is 0.445 e. The fourth-order valence-electron chi connectivity index (χ4n) is 3.75. The maximum absolute atomic E-state index is 12.3. The highest BCUT2D eigenvalue weighted by Gasteiger charge is 2.27. The van der Waals surface area contributed by atoms with E-state index in [9.17, 15) is 4.79 Å². The highest BCUT2D eigenvalue weighted by atomic mass is 16.6. The van der Waals surface area contributed by atoms with Crippen LogP contribution in [0.5, 0.6) is 0 Å². The first-order valence-electron chi connectivity index (χ1n) is 9.55. The molecule has 25 heavy (non-hydrogen) atoms. The number of hydrogen-bond donors (Lipinski definition) is 1. The number of rotatable bonds is 6. The molecule has 2 fully saturated rings. The minimum atomic E-state index is -0.246. The molecule has 1 aliphatic heterocycles. The molecule has 3 unspecified atom stereocenters. The second-order valence-electron chi connectivity index (χ2n) is 7.17. The molecule has 1 aliphatic carbocycles. The quantitative estimate of drug-likeness (QED) is 0.859. The number of nitrogens with zero attached hydrogens (tertiary/aromatic N) is 1. The molecular formula is C20H30N2O3. The van der Waals surface area contributed by atoms with Crippen molar-refractivity contribution < 1.29 is 14.3 Å². The van der Waals surface area contributed by atoms with E-state index in [2.05, 4.69) is 12.2 Å². The van der Waals surface area contributed by atoms with Crippen LogP contribution in [0.15, 0.2) is 30.3 Å². The SMILES string of the molecule is CCC1CCC(NCC2CN(C(=O)OCc3ccccc3)CCO2)C1. The molecule has 1 saturated heterocycles. The minimum absolute atomic E-state index is 0.0544. The lowest BCUT2D eigenvalue weighted by molar-refractivity contribution is -0.0279. The first kappa shape index (κ1) is 18.2. The van der Waals surface area contributed by atoms with Crippen molar-refractivity contribution in [3.63, 3.8) is 0 Å². The minimum Gasteiger partial charge on any atom is -0.445 e. The zero-order valence-corrected chi connectivity index (χ0v) is 15.2. The number of benzene rings is 1. The molecule has 0 radical (unpaired) electrons. The van der Waals surface area contributed by atoms with E-state index >= 15 is 0 Å². The topological polar surface area (TPSA) is 50.8 Å². The van der Waals surface area contributed by atoms with Crippen molar-refractivity contribution in [2.24, 2.45) is 5.92 Å². The Morgan fingerprint density at radius 2 is 2.16 bits per heavy atom. The van der Waals surface area contributed by atoms with Crippen molar-refractivity contribution in [3.05, 3.63) is 35.9 Å². The van der Waals surface area contributed by atoms with Gasteiger partial charge < -0.3 is 19.7 Å². The van der Waals surface area contributed by atoms with Gasteiger partial charge in [0, 0.05) is 19.1 Å². The molecule has 1 aromatic rings. The molecule has 3 rings (SSSR count). The zero-order valence-electron chi connectivity index (χ0n) is 15.2. The van der Waals surface area contributed by atoms with Crippen molar-refractivity contribution in [1.82, 2.24) is 10.2 Å². The molecule has 5 heteroatoms.